The fourth-order valence-electron chi connectivity index (χ4n) is 3.63. The van der Waals surface area contributed by atoms with Crippen LogP contribution in [-0.4, -0.2) is 35.8 Å². The molecule has 7 heteroatoms. The van der Waals surface area contributed by atoms with Gasteiger partial charge in [-0.1, -0.05) is 29.8 Å². The van der Waals surface area contributed by atoms with Crippen molar-refractivity contribution in [2.24, 2.45) is 0 Å². The zero-order chi connectivity index (χ0) is 19.7. The lowest BCUT2D eigenvalue weighted by Crippen LogP contribution is -2.50. The molecule has 2 atom stereocenters. The molecule has 1 aromatic heterocycles. The van der Waals surface area contributed by atoms with Gasteiger partial charge in [0.05, 0.1) is 17.1 Å². The number of fused-ring (bicyclic) bond motifs is 1. The van der Waals surface area contributed by atoms with Gasteiger partial charge >= 0.3 is 0 Å². The Kier molecular flexibility index (Phi) is 5.33. The van der Waals surface area contributed by atoms with E-state index in [1.165, 1.54) is 6.07 Å². The number of nitrogens with zero attached hydrogens (tertiary/aromatic N) is 1. The minimum Gasteiger partial charge on any atom is -0.346 e. The van der Waals surface area contributed by atoms with Gasteiger partial charge in [0.1, 0.15) is 12.0 Å². The van der Waals surface area contributed by atoms with Crippen LogP contribution in [0.1, 0.15) is 22.3 Å². The molecule has 0 bridgehead atoms. The molecule has 1 saturated heterocycles. The molecule has 0 saturated carbocycles. The van der Waals surface area contributed by atoms with Crippen molar-refractivity contribution in [2.45, 2.75) is 25.2 Å². The summed E-state index contributed by atoms with van der Waals surface area (Å²) in [6.45, 7) is 1.30. The summed E-state index contributed by atoms with van der Waals surface area (Å²) in [5.41, 5.74) is 1.80. The van der Waals surface area contributed by atoms with Crippen LogP contribution in [0.15, 0.2) is 48.7 Å². The van der Waals surface area contributed by atoms with Crippen molar-refractivity contribution < 1.29 is 13.6 Å². The van der Waals surface area contributed by atoms with Gasteiger partial charge in [0, 0.05) is 29.7 Å². The first-order chi connectivity index (χ1) is 13.5. The molecule has 0 spiro atoms. The average Bonchev–Trinajstić information content (AvgIpc) is 3.05. The average molecular weight is 404 g/mol. The first-order valence-electron chi connectivity index (χ1n) is 9.20. The van der Waals surface area contributed by atoms with E-state index in [1.54, 1.807) is 30.5 Å². The second-order valence-corrected chi connectivity index (χ2v) is 7.46. The van der Waals surface area contributed by atoms with E-state index in [9.17, 15) is 13.6 Å². The quantitative estimate of drug-likeness (QED) is 0.693. The van der Waals surface area contributed by atoms with Crippen LogP contribution in [0.4, 0.5) is 8.78 Å². The second kappa shape index (κ2) is 7.89. The van der Waals surface area contributed by atoms with Crippen molar-refractivity contribution in [1.29, 1.82) is 0 Å². The number of alkyl halides is 1. The largest absolute Gasteiger partial charge is 0.346 e. The molecule has 1 unspecified atom stereocenters. The van der Waals surface area contributed by atoms with Gasteiger partial charge in [-0.05, 0) is 42.8 Å². The Bertz CT molecular complexity index is 1000. The van der Waals surface area contributed by atoms with Crippen LogP contribution in [0.3, 0.4) is 0 Å². The number of rotatable bonds is 4. The highest BCUT2D eigenvalue weighted by Gasteiger charge is 2.28. The van der Waals surface area contributed by atoms with E-state index < -0.39 is 23.9 Å². The van der Waals surface area contributed by atoms with E-state index in [-0.39, 0.29) is 17.5 Å². The van der Waals surface area contributed by atoms with Crippen LogP contribution >= 0.6 is 11.6 Å². The molecular weight excluding hydrogens is 384 g/mol. The molecule has 28 heavy (non-hydrogen) atoms. The topological polar surface area (TPSA) is 46.1 Å². The number of piperidine rings is 1. The normalized spacial score (nSPS) is 19.7. The van der Waals surface area contributed by atoms with E-state index in [2.05, 4.69) is 10.6 Å². The van der Waals surface area contributed by atoms with Crippen molar-refractivity contribution in [3.63, 3.8) is 0 Å². The third-order valence-electron chi connectivity index (χ3n) is 5.09. The highest BCUT2D eigenvalue weighted by atomic mass is 35.5. The van der Waals surface area contributed by atoms with E-state index in [0.29, 0.717) is 30.0 Å². The molecule has 4 rings (SSSR count). The standard InChI is InChI=1S/C21H20ClF2N3O/c22-14-6-4-13(5-7-14)11-27-12-15(20-16(23)2-1-3-19(20)27)21(28)26-18-8-9-25-10-17(18)24/h1-7,12,17-18,25H,8-11H2,(H,26,28)/t17-,18?/m0/s1. The Morgan fingerprint density at radius 3 is 2.79 bits per heavy atom. The van der Waals surface area contributed by atoms with Gasteiger partial charge in [0.15, 0.2) is 0 Å². The van der Waals surface area contributed by atoms with E-state index in [0.717, 1.165) is 5.56 Å². The smallest absolute Gasteiger partial charge is 0.253 e. The summed E-state index contributed by atoms with van der Waals surface area (Å²) < 4.78 is 30.5. The summed E-state index contributed by atoms with van der Waals surface area (Å²) in [5, 5.41) is 6.57. The maximum atomic E-state index is 14.6. The van der Waals surface area contributed by atoms with Crippen LogP contribution in [0, 0.1) is 5.82 Å². The molecule has 3 aromatic rings. The Hall–Kier alpha value is -2.44. The van der Waals surface area contributed by atoms with Crippen molar-refractivity contribution in [3.05, 3.63) is 70.6 Å². The predicted molar refractivity (Wildman–Crippen MR) is 106 cm³/mol. The minimum absolute atomic E-state index is 0.206. The first-order valence-corrected chi connectivity index (χ1v) is 9.58. The molecule has 2 N–H and O–H groups in total. The molecule has 1 amide bonds. The molecule has 2 heterocycles. The Morgan fingerprint density at radius 1 is 1.25 bits per heavy atom. The van der Waals surface area contributed by atoms with Crippen LogP contribution in [-0.2, 0) is 6.54 Å². The molecule has 4 nitrogen and oxygen atoms in total. The minimum atomic E-state index is -1.16. The Morgan fingerprint density at radius 2 is 2.04 bits per heavy atom. The number of carbonyl (C=O) groups is 1. The zero-order valence-corrected chi connectivity index (χ0v) is 15.8. The number of hydrogen-bond donors (Lipinski definition) is 2. The molecule has 1 aliphatic heterocycles. The SMILES string of the molecule is O=C(NC1CCNC[C@@H]1F)c1cn(Cc2ccc(Cl)cc2)c2cccc(F)c12. The third kappa shape index (κ3) is 3.75. The zero-order valence-electron chi connectivity index (χ0n) is 15.1. The molecule has 0 radical (unpaired) electrons. The molecule has 1 fully saturated rings. The van der Waals surface area contributed by atoms with Gasteiger partial charge in [0.25, 0.3) is 5.91 Å². The number of aromatic nitrogens is 1. The molecule has 0 aliphatic carbocycles. The lowest BCUT2D eigenvalue weighted by atomic mass is 10.0. The highest BCUT2D eigenvalue weighted by molar-refractivity contribution is 6.30. The summed E-state index contributed by atoms with van der Waals surface area (Å²) in [4.78, 5) is 12.8. The van der Waals surface area contributed by atoms with Gasteiger partial charge in [-0.3, -0.25) is 4.79 Å². The number of hydrogen-bond acceptors (Lipinski definition) is 2. The van der Waals surface area contributed by atoms with Crippen molar-refractivity contribution >= 4 is 28.4 Å². The van der Waals surface area contributed by atoms with E-state index in [1.807, 2.05) is 16.7 Å². The number of benzene rings is 2. The molecule has 146 valence electrons. The van der Waals surface area contributed by atoms with E-state index in [4.69, 9.17) is 11.6 Å². The van der Waals surface area contributed by atoms with Crippen LogP contribution in [0.2, 0.25) is 5.02 Å². The molecular formula is C21H20ClF2N3O. The van der Waals surface area contributed by atoms with Crippen molar-refractivity contribution in [1.82, 2.24) is 15.2 Å². The van der Waals surface area contributed by atoms with Crippen LogP contribution < -0.4 is 10.6 Å². The first kappa shape index (κ1) is 18.9. The van der Waals surface area contributed by atoms with Gasteiger partial charge in [-0.2, -0.15) is 0 Å². The fraction of sp³-hybridized carbons (Fsp3) is 0.286. The van der Waals surface area contributed by atoms with Gasteiger partial charge in [0.2, 0.25) is 0 Å². The van der Waals surface area contributed by atoms with Crippen molar-refractivity contribution in [3.8, 4) is 0 Å². The lowest BCUT2D eigenvalue weighted by molar-refractivity contribution is 0.0893. The number of amides is 1. The summed E-state index contributed by atoms with van der Waals surface area (Å²) >= 11 is 5.94. The monoisotopic (exact) mass is 403 g/mol. The molecule has 2 aromatic carbocycles. The maximum Gasteiger partial charge on any atom is 0.253 e. The highest BCUT2D eigenvalue weighted by Crippen LogP contribution is 2.26. The molecule has 1 aliphatic rings. The number of carbonyl (C=O) groups excluding carboxylic acids is 1. The lowest BCUT2D eigenvalue weighted by Gasteiger charge is -2.27. The summed E-state index contributed by atoms with van der Waals surface area (Å²) in [7, 11) is 0. The van der Waals surface area contributed by atoms with Gasteiger partial charge in [-0.25, -0.2) is 8.78 Å². The van der Waals surface area contributed by atoms with Gasteiger partial charge in [-0.15, -0.1) is 0 Å². The Labute approximate surface area is 166 Å². The number of halogens is 3. The van der Waals surface area contributed by atoms with E-state index >= 15 is 0 Å². The van der Waals surface area contributed by atoms with Crippen LogP contribution in [0.25, 0.3) is 10.9 Å². The van der Waals surface area contributed by atoms with Gasteiger partial charge < -0.3 is 15.2 Å². The second-order valence-electron chi connectivity index (χ2n) is 7.02. The third-order valence-corrected chi connectivity index (χ3v) is 5.34. The fourth-order valence-corrected chi connectivity index (χ4v) is 3.75. The maximum absolute atomic E-state index is 14.6. The summed E-state index contributed by atoms with van der Waals surface area (Å²) in [5.74, 6) is -0.931. The summed E-state index contributed by atoms with van der Waals surface area (Å²) in [6.07, 6.45) is 0.968. The van der Waals surface area contributed by atoms with Crippen molar-refractivity contribution in [2.75, 3.05) is 13.1 Å². The number of nitrogens with one attached hydrogen (secondary N) is 2. The van der Waals surface area contributed by atoms with Crippen LogP contribution in [0.5, 0.6) is 0 Å². The summed E-state index contributed by atoms with van der Waals surface area (Å²) in [6, 6.07) is 11.5. The Balaban J connectivity index is 1.68. The predicted octanol–water partition coefficient (Wildman–Crippen LogP) is 3.91.